The molecule has 1 aromatic carbocycles. The van der Waals surface area contributed by atoms with E-state index < -0.39 is 0 Å². The van der Waals surface area contributed by atoms with Crippen molar-refractivity contribution in [2.24, 2.45) is 10.4 Å². The van der Waals surface area contributed by atoms with Crippen LogP contribution >= 0.6 is 0 Å². The smallest absolute Gasteiger partial charge is 0.193 e. The molecule has 126 valence electrons. The van der Waals surface area contributed by atoms with E-state index in [2.05, 4.69) is 48.3 Å². The Balaban J connectivity index is 1.58. The van der Waals surface area contributed by atoms with Crippen LogP contribution in [0.25, 0.3) is 0 Å². The van der Waals surface area contributed by atoms with E-state index in [1.165, 1.54) is 24.0 Å². The Hall–Kier alpha value is -1.55. The van der Waals surface area contributed by atoms with Crippen LogP contribution in [0, 0.1) is 12.3 Å². The number of ether oxygens (including phenoxy) is 1. The second-order valence-electron chi connectivity index (χ2n) is 6.95. The Morgan fingerprint density at radius 3 is 2.83 bits per heavy atom. The lowest BCUT2D eigenvalue weighted by Gasteiger charge is -2.25. The number of hydrogen-bond acceptors (Lipinski definition) is 2. The van der Waals surface area contributed by atoms with E-state index in [1.54, 1.807) is 0 Å². The van der Waals surface area contributed by atoms with E-state index in [4.69, 9.17) is 9.73 Å². The maximum atomic E-state index is 5.63. The standard InChI is InChI=1S/C19H29N3O/c1-3-20-18(21-11-8-17-6-4-16(2)5-7-17)22-12-9-19(14-22)10-13-23-15-19/h4-7H,3,8-15H2,1-2H3,(H,20,21). The Morgan fingerprint density at radius 2 is 2.13 bits per heavy atom. The zero-order valence-electron chi connectivity index (χ0n) is 14.5. The van der Waals surface area contributed by atoms with Crippen LogP contribution in [0.2, 0.25) is 0 Å². The SMILES string of the molecule is CCNC(=NCCc1ccc(C)cc1)N1CCC2(CCOC2)C1. The van der Waals surface area contributed by atoms with Crippen LogP contribution in [-0.4, -0.2) is 50.3 Å². The molecule has 0 saturated carbocycles. The number of benzene rings is 1. The predicted molar refractivity (Wildman–Crippen MR) is 94.9 cm³/mol. The molecule has 1 N–H and O–H groups in total. The largest absolute Gasteiger partial charge is 0.381 e. The molecule has 2 aliphatic heterocycles. The topological polar surface area (TPSA) is 36.9 Å². The van der Waals surface area contributed by atoms with Gasteiger partial charge in [-0.1, -0.05) is 29.8 Å². The number of hydrogen-bond donors (Lipinski definition) is 1. The number of rotatable bonds is 4. The van der Waals surface area contributed by atoms with Gasteiger partial charge in [0, 0.05) is 38.2 Å². The predicted octanol–water partition coefficient (Wildman–Crippen LogP) is 2.62. The lowest BCUT2D eigenvalue weighted by atomic mass is 9.87. The van der Waals surface area contributed by atoms with Crippen LogP contribution in [0.15, 0.2) is 29.3 Å². The highest BCUT2D eigenvalue weighted by atomic mass is 16.5. The molecule has 0 bridgehead atoms. The minimum atomic E-state index is 0.382. The third kappa shape index (κ3) is 4.05. The van der Waals surface area contributed by atoms with Gasteiger partial charge >= 0.3 is 0 Å². The molecule has 0 amide bonds. The summed E-state index contributed by atoms with van der Waals surface area (Å²) in [6, 6.07) is 8.76. The summed E-state index contributed by atoms with van der Waals surface area (Å²) >= 11 is 0. The molecule has 3 rings (SSSR count). The zero-order chi connectivity index (χ0) is 16.1. The number of nitrogens with zero attached hydrogens (tertiary/aromatic N) is 2. The summed E-state index contributed by atoms with van der Waals surface area (Å²) < 4.78 is 5.63. The molecule has 1 unspecified atom stereocenters. The summed E-state index contributed by atoms with van der Waals surface area (Å²) in [5.74, 6) is 1.07. The van der Waals surface area contributed by atoms with Gasteiger partial charge in [-0.2, -0.15) is 0 Å². The monoisotopic (exact) mass is 315 g/mol. The minimum Gasteiger partial charge on any atom is -0.381 e. The van der Waals surface area contributed by atoms with Crippen molar-refractivity contribution in [3.8, 4) is 0 Å². The van der Waals surface area contributed by atoms with E-state index in [9.17, 15) is 0 Å². The second-order valence-corrected chi connectivity index (χ2v) is 6.95. The molecule has 4 heteroatoms. The van der Waals surface area contributed by atoms with E-state index in [0.717, 1.165) is 51.8 Å². The van der Waals surface area contributed by atoms with Crippen molar-refractivity contribution in [2.75, 3.05) is 39.4 Å². The van der Waals surface area contributed by atoms with Crippen molar-refractivity contribution in [1.82, 2.24) is 10.2 Å². The zero-order valence-corrected chi connectivity index (χ0v) is 14.5. The fourth-order valence-electron chi connectivity index (χ4n) is 3.56. The Bertz CT molecular complexity index is 532. The van der Waals surface area contributed by atoms with Crippen molar-refractivity contribution in [3.63, 3.8) is 0 Å². The van der Waals surface area contributed by atoms with E-state index in [0.29, 0.717) is 5.41 Å². The van der Waals surface area contributed by atoms with Gasteiger partial charge in [-0.25, -0.2) is 0 Å². The van der Waals surface area contributed by atoms with Crippen LogP contribution in [0.3, 0.4) is 0 Å². The Labute approximate surface area is 139 Å². The number of likely N-dealkylation sites (tertiary alicyclic amines) is 1. The summed E-state index contributed by atoms with van der Waals surface area (Å²) in [5, 5.41) is 3.46. The molecule has 23 heavy (non-hydrogen) atoms. The van der Waals surface area contributed by atoms with Crippen LogP contribution in [0.4, 0.5) is 0 Å². The van der Waals surface area contributed by atoms with Gasteiger partial charge in [-0.3, -0.25) is 4.99 Å². The van der Waals surface area contributed by atoms with Gasteiger partial charge in [0.25, 0.3) is 0 Å². The summed E-state index contributed by atoms with van der Waals surface area (Å²) in [7, 11) is 0. The summed E-state index contributed by atoms with van der Waals surface area (Å²) in [6.45, 7) is 10.1. The maximum absolute atomic E-state index is 5.63. The Morgan fingerprint density at radius 1 is 1.30 bits per heavy atom. The highest BCUT2D eigenvalue weighted by Crippen LogP contribution is 2.38. The molecular formula is C19H29N3O. The summed E-state index contributed by atoms with van der Waals surface area (Å²) in [6.07, 6.45) is 3.43. The first-order chi connectivity index (χ1) is 11.2. The quantitative estimate of drug-likeness (QED) is 0.685. The van der Waals surface area contributed by atoms with Gasteiger partial charge in [-0.15, -0.1) is 0 Å². The average molecular weight is 315 g/mol. The first kappa shape index (κ1) is 16.3. The molecule has 1 aromatic rings. The number of nitrogens with one attached hydrogen (secondary N) is 1. The third-order valence-electron chi connectivity index (χ3n) is 5.04. The number of aryl methyl sites for hydroxylation is 1. The number of guanidine groups is 1. The highest BCUT2D eigenvalue weighted by molar-refractivity contribution is 5.80. The molecular weight excluding hydrogens is 286 g/mol. The normalized spacial score (nSPS) is 24.6. The van der Waals surface area contributed by atoms with Crippen LogP contribution in [0.1, 0.15) is 30.9 Å². The van der Waals surface area contributed by atoms with Gasteiger partial charge in [0.2, 0.25) is 0 Å². The van der Waals surface area contributed by atoms with Crippen molar-refractivity contribution >= 4 is 5.96 Å². The molecule has 1 atom stereocenters. The lowest BCUT2D eigenvalue weighted by molar-refractivity contribution is 0.156. The molecule has 1 spiro atoms. The van der Waals surface area contributed by atoms with Crippen LogP contribution in [-0.2, 0) is 11.2 Å². The van der Waals surface area contributed by atoms with E-state index >= 15 is 0 Å². The number of aliphatic imine (C=N–C) groups is 1. The third-order valence-corrected chi connectivity index (χ3v) is 5.04. The fourth-order valence-corrected chi connectivity index (χ4v) is 3.56. The lowest BCUT2D eigenvalue weighted by Crippen LogP contribution is -2.41. The van der Waals surface area contributed by atoms with Gasteiger partial charge in [0.05, 0.1) is 6.61 Å². The maximum Gasteiger partial charge on any atom is 0.193 e. The fraction of sp³-hybridized carbons (Fsp3) is 0.632. The van der Waals surface area contributed by atoms with Crippen LogP contribution < -0.4 is 5.32 Å². The molecule has 2 heterocycles. The van der Waals surface area contributed by atoms with Crippen molar-refractivity contribution < 1.29 is 4.74 Å². The van der Waals surface area contributed by atoms with Gasteiger partial charge in [-0.05, 0) is 38.7 Å². The van der Waals surface area contributed by atoms with Crippen molar-refractivity contribution in [2.45, 2.75) is 33.1 Å². The van der Waals surface area contributed by atoms with Crippen molar-refractivity contribution in [3.05, 3.63) is 35.4 Å². The first-order valence-electron chi connectivity index (χ1n) is 8.87. The summed E-state index contributed by atoms with van der Waals surface area (Å²) in [4.78, 5) is 7.28. The molecule has 2 fully saturated rings. The average Bonchev–Trinajstić information content (AvgIpc) is 3.19. The van der Waals surface area contributed by atoms with Crippen LogP contribution in [0.5, 0.6) is 0 Å². The molecule has 2 saturated heterocycles. The molecule has 0 radical (unpaired) electrons. The first-order valence-corrected chi connectivity index (χ1v) is 8.87. The Kier molecular flexibility index (Phi) is 5.21. The van der Waals surface area contributed by atoms with Gasteiger partial charge in [0.15, 0.2) is 5.96 Å². The highest BCUT2D eigenvalue weighted by Gasteiger charge is 2.42. The molecule has 2 aliphatic rings. The summed E-state index contributed by atoms with van der Waals surface area (Å²) in [5.41, 5.74) is 3.05. The molecule has 0 aliphatic carbocycles. The molecule has 0 aromatic heterocycles. The second kappa shape index (κ2) is 7.35. The van der Waals surface area contributed by atoms with Crippen molar-refractivity contribution in [1.29, 1.82) is 0 Å². The van der Waals surface area contributed by atoms with Gasteiger partial charge < -0.3 is 15.0 Å². The van der Waals surface area contributed by atoms with E-state index in [1.807, 2.05) is 0 Å². The van der Waals surface area contributed by atoms with E-state index in [-0.39, 0.29) is 0 Å². The van der Waals surface area contributed by atoms with Gasteiger partial charge in [0.1, 0.15) is 0 Å². The minimum absolute atomic E-state index is 0.382. The molecule has 4 nitrogen and oxygen atoms in total.